The maximum Gasteiger partial charge on any atom is 0.335 e. The van der Waals surface area contributed by atoms with Crippen molar-refractivity contribution in [1.82, 2.24) is 9.97 Å². The topological polar surface area (TPSA) is 176 Å². The Bertz CT molecular complexity index is 3050. The number of aromatic carboxylic acids is 1. The third kappa shape index (κ3) is 10.9. The highest BCUT2D eigenvalue weighted by Crippen LogP contribution is 2.36. The molecule has 15 heteroatoms. The Hall–Kier alpha value is -7.36. The summed E-state index contributed by atoms with van der Waals surface area (Å²) in [7, 11) is -6.61. The monoisotopic (exact) mass is 886 g/mol. The van der Waals surface area contributed by atoms with Gasteiger partial charge in [0, 0.05) is 34.8 Å². The number of sulfone groups is 2. The summed E-state index contributed by atoms with van der Waals surface area (Å²) in [5.41, 5.74) is 4.47. The van der Waals surface area contributed by atoms with E-state index in [9.17, 15) is 26.0 Å². The number of hydrogen-bond donors (Lipinski definition) is 1. The van der Waals surface area contributed by atoms with E-state index in [1.807, 2.05) is 60.7 Å². The van der Waals surface area contributed by atoms with Crippen LogP contribution in [0.2, 0.25) is 0 Å². The molecule has 2 heterocycles. The molecule has 320 valence electrons. The number of carboxylic acid groups (broad SMARTS) is 1. The number of ether oxygens (including phenoxy) is 2. The Balaban J connectivity index is 0.000000189. The summed E-state index contributed by atoms with van der Waals surface area (Å²) in [6.07, 6.45) is 1.79. The quantitative estimate of drug-likeness (QED) is 0.116. The molecule has 8 aromatic rings. The molecule has 0 saturated carbocycles. The predicted molar refractivity (Wildman–Crippen MR) is 234 cm³/mol. The first-order chi connectivity index (χ1) is 30.1. The minimum absolute atomic E-state index is 0.0354. The number of halogens is 1. The van der Waals surface area contributed by atoms with E-state index in [0.717, 1.165) is 17.4 Å². The van der Waals surface area contributed by atoms with Crippen molar-refractivity contribution in [2.24, 2.45) is 0 Å². The number of carbonyl (C=O) groups is 1. The third-order valence-corrected chi connectivity index (χ3v) is 11.7. The number of nitrogens with zero attached hydrogens (tertiary/aromatic N) is 2. The molecule has 1 atom stereocenters. The van der Waals surface area contributed by atoms with Crippen LogP contribution in [0.3, 0.4) is 0 Å². The van der Waals surface area contributed by atoms with Crippen LogP contribution in [0.25, 0.3) is 45.2 Å². The molecule has 0 fully saturated rings. The largest absolute Gasteiger partial charge is 0.484 e. The van der Waals surface area contributed by atoms with E-state index >= 15 is 0 Å². The molecule has 1 N–H and O–H groups in total. The lowest BCUT2D eigenvalue weighted by Gasteiger charge is -2.11. The molecule has 8 rings (SSSR count). The van der Waals surface area contributed by atoms with E-state index in [2.05, 4.69) is 9.97 Å². The fourth-order valence-electron chi connectivity index (χ4n) is 6.22. The average Bonchev–Trinajstić information content (AvgIpc) is 3.93. The molecular weight excluding hydrogens is 848 g/mol. The smallest absolute Gasteiger partial charge is 0.335 e. The minimum atomic E-state index is -3.31. The molecule has 0 aliphatic rings. The minimum Gasteiger partial charge on any atom is -0.484 e. The van der Waals surface area contributed by atoms with Crippen LogP contribution < -0.4 is 9.47 Å². The van der Waals surface area contributed by atoms with Crippen LogP contribution in [-0.4, -0.2) is 50.4 Å². The van der Waals surface area contributed by atoms with E-state index < -0.39 is 31.7 Å². The van der Waals surface area contributed by atoms with Gasteiger partial charge in [0.1, 0.15) is 28.7 Å². The zero-order valence-electron chi connectivity index (χ0n) is 34.0. The molecule has 0 spiro atoms. The number of rotatable bonds is 13. The zero-order valence-corrected chi connectivity index (χ0v) is 35.6. The van der Waals surface area contributed by atoms with Crippen molar-refractivity contribution >= 4 is 25.6 Å². The molecule has 0 bridgehead atoms. The highest BCUT2D eigenvalue weighted by molar-refractivity contribution is 7.91. The third-order valence-electron chi connectivity index (χ3n) is 9.44. The molecule has 0 saturated heterocycles. The normalized spacial score (nSPS) is 11.9. The van der Waals surface area contributed by atoms with Gasteiger partial charge >= 0.3 is 5.97 Å². The Morgan fingerprint density at radius 2 is 1.06 bits per heavy atom. The number of hydrogen-bond acceptors (Lipinski definition) is 11. The summed E-state index contributed by atoms with van der Waals surface area (Å²) >= 11 is 0. The van der Waals surface area contributed by atoms with Gasteiger partial charge in [0.15, 0.2) is 43.9 Å². The predicted octanol–water partition coefficient (Wildman–Crippen LogP) is 10.4. The second-order valence-corrected chi connectivity index (χ2v) is 18.2. The van der Waals surface area contributed by atoms with Crippen molar-refractivity contribution in [2.45, 2.75) is 29.4 Å². The molecule has 0 aliphatic heterocycles. The number of benzene rings is 6. The highest BCUT2D eigenvalue weighted by atomic mass is 32.2. The van der Waals surface area contributed by atoms with Gasteiger partial charge in [-0.05, 0) is 104 Å². The van der Waals surface area contributed by atoms with E-state index in [0.29, 0.717) is 57.3 Å². The summed E-state index contributed by atoms with van der Waals surface area (Å²) in [4.78, 5) is 20.7. The Morgan fingerprint density at radius 3 is 1.54 bits per heavy atom. The van der Waals surface area contributed by atoms with Crippen LogP contribution in [0.5, 0.6) is 11.5 Å². The van der Waals surface area contributed by atoms with Crippen LogP contribution in [0, 0.1) is 5.82 Å². The standard InChI is InChI=1S/C24H20FNO4S.C24H19NO6S/c1-16(29-20-12-10-19(25)11-13-20)24-26-22(17-6-4-3-5-7-17)23(30-24)18-8-14-21(15-9-18)31(2,27)28;1-32(28,29)20-13-9-17(10-14-20)23-22(16-5-3-2-4-6-16)25-21(31-23)15-30-19-11-7-18(8-12-19)24(26)27/h3-16H,1-2H3;2-14H,15H2,1H3,(H,26,27). The van der Waals surface area contributed by atoms with Crippen LogP contribution in [-0.2, 0) is 26.3 Å². The van der Waals surface area contributed by atoms with E-state index in [-0.39, 0.29) is 27.8 Å². The van der Waals surface area contributed by atoms with Gasteiger partial charge in [-0.1, -0.05) is 60.7 Å². The zero-order chi connectivity index (χ0) is 44.7. The molecule has 2 aromatic heterocycles. The molecular formula is C48H39FN2O10S2. The molecule has 0 radical (unpaired) electrons. The molecule has 1 unspecified atom stereocenters. The van der Waals surface area contributed by atoms with Crippen molar-refractivity contribution in [3.05, 3.63) is 181 Å². The summed E-state index contributed by atoms with van der Waals surface area (Å²) < 4.78 is 83.9. The van der Waals surface area contributed by atoms with E-state index in [4.69, 9.17) is 23.4 Å². The second kappa shape index (κ2) is 18.7. The SMILES string of the molecule is CC(Oc1ccc(F)cc1)c1nc(-c2ccccc2)c(-c2ccc(S(C)(=O)=O)cc2)o1.CS(=O)(=O)c1ccc(-c2oc(COc3ccc(C(=O)O)cc3)nc2-c2ccccc2)cc1. The highest BCUT2D eigenvalue weighted by Gasteiger charge is 2.23. The van der Waals surface area contributed by atoms with Crippen LogP contribution >= 0.6 is 0 Å². The molecule has 6 aromatic carbocycles. The second-order valence-electron chi connectivity index (χ2n) is 14.2. The first-order valence-electron chi connectivity index (χ1n) is 19.2. The molecule has 0 amide bonds. The van der Waals surface area contributed by atoms with Gasteiger partial charge in [-0.25, -0.2) is 36.0 Å². The fraction of sp³-hybridized carbons (Fsp3) is 0.104. The summed E-state index contributed by atoms with van der Waals surface area (Å²) in [6, 6.07) is 43.7. The van der Waals surface area contributed by atoms with Crippen LogP contribution in [0.1, 0.15) is 35.2 Å². The van der Waals surface area contributed by atoms with Crippen LogP contribution in [0.15, 0.2) is 176 Å². The summed E-state index contributed by atoms with van der Waals surface area (Å²) in [5, 5.41) is 9.00. The average molecular weight is 887 g/mol. The van der Waals surface area contributed by atoms with Gasteiger partial charge in [-0.3, -0.25) is 0 Å². The van der Waals surface area contributed by atoms with Gasteiger partial charge in [0.25, 0.3) is 0 Å². The van der Waals surface area contributed by atoms with Gasteiger partial charge < -0.3 is 23.4 Å². The van der Waals surface area contributed by atoms with Gasteiger partial charge in [0.2, 0.25) is 11.8 Å². The number of carboxylic acids is 1. The first-order valence-corrected chi connectivity index (χ1v) is 23.0. The lowest BCUT2D eigenvalue weighted by Crippen LogP contribution is -2.03. The first kappa shape index (κ1) is 43.7. The molecule has 63 heavy (non-hydrogen) atoms. The van der Waals surface area contributed by atoms with Crippen molar-refractivity contribution in [3.8, 4) is 56.7 Å². The van der Waals surface area contributed by atoms with Gasteiger partial charge in [-0.15, -0.1) is 0 Å². The molecule has 0 aliphatic carbocycles. The number of aromatic nitrogens is 2. The van der Waals surface area contributed by atoms with E-state index in [1.54, 1.807) is 55.5 Å². The maximum atomic E-state index is 13.2. The lowest BCUT2D eigenvalue weighted by atomic mass is 10.1. The van der Waals surface area contributed by atoms with Crippen LogP contribution in [0.4, 0.5) is 4.39 Å². The van der Waals surface area contributed by atoms with Crippen molar-refractivity contribution in [2.75, 3.05) is 12.5 Å². The summed E-state index contributed by atoms with van der Waals surface area (Å²) in [5.74, 6) is 1.30. The maximum absolute atomic E-state index is 13.2. The Labute approximate surface area is 363 Å². The van der Waals surface area contributed by atoms with Crippen molar-refractivity contribution < 1.29 is 49.4 Å². The fourth-order valence-corrected chi connectivity index (χ4v) is 7.49. The Morgan fingerprint density at radius 1 is 0.603 bits per heavy atom. The Kier molecular flexibility index (Phi) is 13.0. The van der Waals surface area contributed by atoms with Gasteiger partial charge in [0.05, 0.1) is 15.4 Å². The van der Waals surface area contributed by atoms with Crippen molar-refractivity contribution in [1.29, 1.82) is 0 Å². The van der Waals surface area contributed by atoms with E-state index in [1.165, 1.54) is 54.8 Å². The van der Waals surface area contributed by atoms with Crippen molar-refractivity contribution in [3.63, 3.8) is 0 Å². The number of oxazole rings is 2. The molecule has 12 nitrogen and oxygen atoms in total. The van der Waals surface area contributed by atoms with Gasteiger partial charge in [-0.2, -0.15) is 0 Å². The lowest BCUT2D eigenvalue weighted by molar-refractivity contribution is 0.0696. The summed E-state index contributed by atoms with van der Waals surface area (Å²) in [6.45, 7) is 1.83.